The molecule has 0 saturated carbocycles. The fourth-order valence-electron chi connectivity index (χ4n) is 1.47. The van der Waals surface area contributed by atoms with Gasteiger partial charge in [-0.25, -0.2) is 8.42 Å². The van der Waals surface area contributed by atoms with Crippen LogP contribution in [0.2, 0.25) is 0 Å². The molecule has 0 aromatic heterocycles. The predicted molar refractivity (Wildman–Crippen MR) is 65.5 cm³/mol. The van der Waals surface area contributed by atoms with E-state index in [-0.39, 0.29) is 14.7 Å². The van der Waals surface area contributed by atoms with Crippen molar-refractivity contribution >= 4 is 20.9 Å². The van der Waals surface area contributed by atoms with Crippen molar-refractivity contribution in [2.24, 2.45) is 0 Å². The van der Waals surface area contributed by atoms with Crippen molar-refractivity contribution in [2.45, 2.75) is 14.7 Å². The second-order valence-corrected chi connectivity index (χ2v) is 6.41. The van der Waals surface area contributed by atoms with E-state index in [1.165, 1.54) is 36.4 Å². The van der Waals surface area contributed by atoms with Gasteiger partial charge in [-0.1, -0.05) is 18.2 Å². The number of hydrogen-bond donors (Lipinski definition) is 0. The molecule has 0 spiro atoms. The van der Waals surface area contributed by atoms with E-state index < -0.39 is 20.9 Å². The number of rotatable bonds is 3. The van der Waals surface area contributed by atoms with Crippen LogP contribution in [-0.4, -0.2) is 17.2 Å². The molecule has 94 valence electrons. The Labute approximate surface area is 107 Å². The van der Waals surface area contributed by atoms with E-state index in [9.17, 15) is 17.2 Å². The lowest BCUT2D eigenvalue weighted by Gasteiger charge is -2.07. The Hall–Kier alpha value is -1.50. The van der Waals surface area contributed by atoms with Gasteiger partial charge in [-0.05, 0) is 47.5 Å². The Kier molecular flexibility index (Phi) is 3.60. The van der Waals surface area contributed by atoms with Crippen molar-refractivity contribution in [1.29, 1.82) is 0 Å². The van der Waals surface area contributed by atoms with Gasteiger partial charge >= 0.3 is 0 Å². The second-order valence-electron chi connectivity index (χ2n) is 3.52. The van der Waals surface area contributed by atoms with E-state index >= 15 is 0 Å². The lowest BCUT2D eigenvalue weighted by Crippen LogP contribution is -2.02. The van der Waals surface area contributed by atoms with Crippen LogP contribution in [0.1, 0.15) is 0 Å². The van der Waals surface area contributed by atoms with E-state index in [0.29, 0.717) is 0 Å². The summed E-state index contributed by atoms with van der Waals surface area (Å²) in [5, 5.41) is 0. The molecule has 2 rings (SSSR count). The first kappa shape index (κ1) is 12.9. The molecule has 0 fully saturated rings. The summed E-state index contributed by atoms with van der Waals surface area (Å²) in [6, 6.07) is 13.1. The van der Waals surface area contributed by atoms with Gasteiger partial charge in [0.2, 0.25) is 9.84 Å². The Morgan fingerprint density at radius 2 is 1.33 bits per heavy atom. The minimum absolute atomic E-state index is 0.0574. The summed E-state index contributed by atoms with van der Waals surface area (Å²) in [5.41, 5.74) is 0. The highest BCUT2D eigenvalue weighted by Gasteiger charge is 2.16. The largest absolute Gasteiger partial charge is 0.768 e. The lowest BCUT2D eigenvalue weighted by molar-refractivity contribution is 0.537. The summed E-state index contributed by atoms with van der Waals surface area (Å²) in [6.07, 6.45) is 0. The first-order valence-corrected chi connectivity index (χ1v) is 7.57. The van der Waals surface area contributed by atoms with Gasteiger partial charge in [0.05, 0.1) is 9.79 Å². The van der Waals surface area contributed by atoms with Gasteiger partial charge < -0.3 is 4.55 Å². The zero-order valence-electron chi connectivity index (χ0n) is 9.15. The van der Waals surface area contributed by atoms with Crippen LogP contribution in [0.15, 0.2) is 69.3 Å². The fraction of sp³-hybridized carbons (Fsp3) is 0. The molecule has 2 aromatic rings. The van der Waals surface area contributed by atoms with Gasteiger partial charge in [-0.3, -0.25) is 4.21 Å². The molecule has 6 heteroatoms. The topological polar surface area (TPSA) is 74.3 Å². The molecule has 1 atom stereocenters. The van der Waals surface area contributed by atoms with Crippen LogP contribution < -0.4 is 0 Å². The molecule has 0 amide bonds. The average molecular weight is 281 g/mol. The lowest BCUT2D eigenvalue weighted by atomic mass is 10.4. The predicted octanol–water partition coefficient (Wildman–Crippen LogP) is 1.76. The van der Waals surface area contributed by atoms with Crippen LogP contribution in [0.5, 0.6) is 0 Å². The molecule has 0 aliphatic rings. The Balaban J connectivity index is 2.46. The van der Waals surface area contributed by atoms with Crippen molar-refractivity contribution in [3.05, 3.63) is 54.6 Å². The summed E-state index contributed by atoms with van der Waals surface area (Å²) in [5.74, 6) is 0. The van der Waals surface area contributed by atoms with Gasteiger partial charge in [0.25, 0.3) is 0 Å². The molecule has 2 aromatic carbocycles. The Morgan fingerprint density at radius 3 is 1.83 bits per heavy atom. The fourth-order valence-corrected chi connectivity index (χ4v) is 3.11. The number of sulfone groups is 1. The summed E-state index contributed by atoms with van der Waals surface area (Å²) in [4.78, 5) is 0.311. The van der Waals surface area contributed by atoms with Crippen molar-refractivity contribution in [1.82, 2.24) is 0 Å². The zero-order valence-corrected chi connectivity index (χ0v) is 10.8. The first-order chi connectivity index (χ1) is 8.51. The van der Waals surface area contributed by atoms with Crippen LogP contribution in [0.4, 0.5) is 0 Å². The molecular formula is C12H9O4S2-. The van der Waals surface area contributed by atoms with Gasteiger partial charge in [-0.15, -0.1) is 0 Å². The summed E-state index contributed by atoms with van der Waals surface area (Å²) in [6.45, 7) is 0. The quantitative estimate of drug-likeness (QED) is 0.803. The summed E-state index contributed by atoms with van der Waals surface area (Å²) in [7, 11) is -3.58. The van der Waals surface area contributed by atoms with Gasteiger partial charge in [-0.2, -0.15) is 0 Å². The zero-order chi connectivity index (χ0) is 13.2. The monoisotopic (exact) mass is 281 g/mol. The smallest absolute Gasteiger partial charge is 0.206 e. The van der Waals surface area contributed by atoms with Crippen LogP contribution >= 0.6 is 0 Å². The van der Waals surface area contributed by atoms with Gasteiger partial charge in [0.1, 0.15) is 0 Å². The summed E-state index contributed by atoms with van der Waals surface area (Å²) < 4.78 is 45.7. The van der Waals surface area contributed by atoms with Crippen molar-refractivity contribution < 1.29 is 17.2 Å². The molecule has 0 aliphatic heterocycles. The summed E-state index contributed by atoms with van der Waals surface area (Å²) >= 11 is -2.35. The van der Waals surface area contributed by atoms with Crippen molar-refractivity contribution in [3.8, 4) is 0 Å². The van der Waals surface area contributed by atoms with Gasteiger partial charge in [0, 0.05) is 4.90 Å². The molecule has 0 aliphatic carbocycles. The molecule has 4 nitrogen and oxygen atoms in total. The highest BCUT2D eigenvalue weighted by molar-refractivity contribution is 7.91. The highest BCUT2D eigenvalue weighted by Crippen LogP contribution is 2.21. The minimum atomic E-state index is -3.58. The minimum Gasteiger partial charge on any atom is -0.768 e. The Bertz CT molecular complexity index is 661. The van der Waals surface area contributed by atoms with Crippen molar-refractivity contribution in [3.63, 3.8) is 0 Å². The van der Waals surface area contributed by atoms with Crippen molar-refractivity contribution in [2.75, 3.05) is 0 Å². The molecule has 0 saturated heterocycles. The standard InChI is InChI=1S/C12H10O4S2/c13-17(14)10-6-8-12(9-7-10)18(15,16)11-4-2-1-3-5-11/h1-9H,(H,13,14)/p-1. The van der Waals surface area contributed by atoms with Crippen LogP contribution in [0, 0.1) is 0 Å². The van der Waals surface area contributed by atoms with E-state index in [1.807, 2.05) is 0 Å². The molecule has 0 radical (unpaired) electrons. The Morgan fingerprint density at radius 1 is 0.833 bits per heavy atom. The van der Waals surface area contributed by atoms with E-state index in [4.69, 9.17) is 0 Å². The maximum absolute atomic E-state index is 12.2. The highest BCUT2D eigenvalue weighted by atomic mass is 32.2. The van der Waals surface area contributed by atoms with E-state index in [2.05, 4.69) is 0 Å². The average Bonchev–Trinajstić information content (AvgIpc) is 2.40. The van der Waals surface area contributed by atoms with Crippen LogP contribution in [-0.2, 0) is 20.9 Å². The maximum Gasteiger partial charge on any atom is 0.206 e. The second kappa shape index (κ2) is 5.01. The third kappa shape index (κ3) is 2.50. The van der Waals surface area contributed by atoms with E-state index in [1.54, 1.807) is 18.2 Å². The molecule has 0 N–H and O–H groups in total. The molecular weight excluding hydrogens is 272 g/mol. The third-order valence-corrected chi connectivity index (χ3v) is 4.82. The third-order valence-electron chi connectivity index (χ3n) is 2.38. The van der Waals surface area contributed by atoms with Crippen LogP contribution in [0.3, 0.4) is 0 Å². The molecule has 18 heavy (non-hydrogen) atoms. The number of benzene rings is 2. The molecule has 0 heterocycles. The maximum atomic E-state index is 12.2. The molecule has 0 bridgehead atoms. The van der Waals surface area contributed by atoms with Gasteiger partial charge in [0.15, 0.2) is 0 Å². The van der Waals surface area contributed by atoms with E-state index in [0.717, 1.165) is 0 Å². The number of hydrogen-bond acceptors (Lipinski definition) is 4. The SMILES string of the molecule is O=S([O-])c1ccc(S(=O)(=O)c2ccccc2)cc1. The van der Waals surface area contributed by atoms with Crippen LogP contribution in [0.25, 0.3) is 0 Å². The molecule has 1 unspecified atom stereocenters. The normalized spacial score (nSPS) is 13.2. The first-order valence-electron chi connectivity index (χ1n) is 5.01.